The number of carbonyl (C=O) groups is 2. The van der Waals surface area contributed by atoms with E-state index in [-0.39, 0.29) is 5.97 Å². The van der Waals surface area contributed by atoms with Crippen LogP contribution in [0.15, 0.2) is 0 Å². The minimum absolute atomic E-state index is 0.183. The number of ether oxygens (including phenoxy) is 1. The van der Waals surface area contributed by atoms with Crippen LogP contribution in [0.1, 0.15) is 38.5 Å². The Bertz CT molecular complexity index is 373. The van der Waals surface area contributed by atoms with Crippen LogP contribution < -0.4 is 0 Å². The van der Waals surface area contributed by atoms with Crippen molar-refractivity contribution in [2.45, 2.75) is 38.5 Å². The molecule has 0 aromatic rings. The predicted octanol–water partition coefficient (Wildman–Crippen LogP) is 1.83. The lowest BCUT2D eigenvalue weighted by Gasteiger charge is -2.58. The van der Waals surface area contributed by atoms with Crippen molar-refractivity contribution in [2.75, 3.05) is 7.11 Å². The van der Waals surface area contributed by atoms with Crippen LogP contribution in [0.4, 0.5) is 0 Å². The van der Waals surface area contributed by atoms with E-state index in [0.717, 1.165) is 32.1 Å². The topological polar surface area (TPSA) is 63.6 Å². The molecule has 0 aliphatic heterocycles. The fraction of sp³-hybridized carbons (Fsp3) is 0.846. The number of esters is 1. The first-order valence-electron chi connectivity index (χ1n) is 6.32. The Kier molecular flexibility index (Phi) is 2.11. The van der Waals surface area contributed by atoms with Gasteiger partial charge in [-0.15, -0.1) is 0 Å². The van der Waals surface area contributed by atoms with E-state index in [9.17, 15) is 14.7 Å². The van der Waals surface area contributed by atoms with Crippen LogP contribution >= 0.6 is 0 Å². The van der Waals surface area contributed by atoms with E-state index >= 15 is 0 Å². The standard InChI is InChI=1S/C13H18O4/c1-17-11(16)13-5-8-2-9(6-13)4-12(3-8,7-13)10(14)15/h8-9H,2-7H2,1H3,(H,14,15). The summed E-state index contributed by atoms with van der Waals surface area (Å²) in [6.07, 6.45) is 4.80. The van der Waals surface area contributed by atoms with Crippen LogP contribution in [0.3, 0.4) is 0 Å². The smallest absolute Gasteiger partial charge is 0.311 e. The third-order valence-electron chi connectivity index (χ3n) is 5.13. The van der Waals surface area contributed by atoms with Gasteiger partial charge >= 0.3 is 11.9 Å². The van der Waals surface area contributed by atoms with E-state index in [1.165, 1.54) is 7.11 Å². The maximum Gasteiger partial charge on any atom is 0.311 e. The molecule has 4 rings (SSSR count). The van der Waals surface area contributed by atoms with Gasteiger partial charge in [0.2, 0.25) is 0 Å². The Morgan fingerprint density at radius 1 is 1.12 bits per heavy atom. The molecule has 17 heavy (non-hydrogen) atoms. The highest BCUT2D eigenvalue weighted by Gasteiger charge is 2.63. The summed E-state index contributed by atoms with van der Waals surface area (Å²) < 4.78 is 4.93. The minimum Gasteiger partial charge on any atom is -0.481 e. The van der Waals surface area contributed by atoms with Crippen LogP contribution in [0, 0.1) is 22.7 Å². The second kappa shape index (κ2) is 3.24. The van der Waals surface area contributed by atoms with Crippen molar-refractivity contribution in [1.29, 1.82) is 0 Å². The summed E-state index contributed by atoms with van der Waals surface area (Å²) in [4.78, 5) is 23.6. The summed E-state index contributed by atoms with van der Waals surface area (Å²) in [6, 6.07) is 0. The Labute approximate surface area is 100 Å². The van der Waals surface area contributed by atoms with Gasteiger partial charge in [0.1, 0.15) is 0 Å². The van der Waals surface area contributed by atoms with E-state index in [0.29, 0.717) is 18.3 Å². The van der Waals surface area contributed by atoms with Crippen LogP contribution in [0.25, 0.3) is 0 Å². The van der Waals surface area contributed by atoms with Gasteiger partial charge in [-0.3, -0.25) is 9.59 Å². The van der Waals surface area contributed by atoms with E-state index in [2.05, 4.69) is 0 Å². The number of carbonyl (C=O) groups excluding carboxylic acids is 1. The molecule has 0 aromatic carbocycles. The van der Waals surface area contributed by atoms with Crippen molar-refractivity contribution < 1.29 is 19.4 Å². The van der Waals surface area contributed by atoms with Crippen molar-refractivity contribution >= 4 is 11.9 Å². The number of carboxylic acids is 1. The molecule has 4 aliphatic carbocycles. The van der Waals surface area contributed by atoms with Gasteiger partial charge in [-0.2, -0.15) is 0 Å². The number of hydrogen-bond donors (Lipinski definition) is 1. The number of hydrogen-bond acceptors (Lipinski definition) is 3. The number of aliphatic carboxylic acids is 1. The van der Waals surface area contributed by atoms with E-state index in [1.54, 1.807) is 0 Å². The number of rotatable bonds is 2. The molecule has 4 heteroatoms. The Morgan fingerprint density at radius 2 is 1.65 bits per heavy atom. The van der Waals surface area contributed by atoms with Gasteiger partial charge in [-0.05, 0) is 50.4 Å². The highest BCUT2D eigenvalue weighted by Crippen LogP contribution is 2.65. The van der Waals surface area contributed by atoms with Crippen LogP contribution in [0.5, 0.6) is 0 Å². The SMILES string of the molecule is COC(=O)C12CC3CC(CC(C(=O)O)(C3)C1)C2. The predicted molar refractivity (Wildman–Crippen MR) is 59.2 cm³/mol. The zero-order chi connectivity index (χ0) is 12.3. The Morgan fingerprint density at radius 3 is 2.12 bits per heavy atom. The Hall–Kier alpha value is -1.06. The van der Waals surface area contributed by atoms with E-state index in [4.69, 9.17) is 4.74 Å². The van der Waals surface area contributed by atoms with Crippen molar-refractivity contribution in [3.63, 3.8) is 0 Å². The lowest BCUT2D eigenvalue weighted by molar-refractivity contribution is -0.189. The summed E-state index contributed by atoms with van der Waals surface area (Å²) >= 11 is 0. The molecule has 4 bridgehead atoms. The zero-order valence-corrected chi connectivity index (χ0v) is 10.1. The van der Waals surface area contributed by atoms with Crippen molar-refractivity contribution in [1.82, 2.24) is 0 Å². The second-order valence-corrected chi connectivity index (χ2v) is 6.32. The Balaban J connectivity index is 2.00. The largest absolute Gasteiger partial charge is 0.481 e. The molecule has 2 unspecified atom stereocenters. The molecule has 0 aromatic heterocycles. The average Bonchev–Trinajstić information content (AvgIpc) is 2.26. The summed E-state index contributed by atoms with van der Waals surface area (Å²) in [5.74, 6) is -0.0741. The van der Waals surface area contributed by atoms with Gasteiger partial charge in [0.05, 0.1) is 17.9 Å². The molecule has 4 nitrogen and oxygen atoms in total. The summed E-state index contributed by atoms with van der Waals surface area (Å²) in [6.45, 7) is 0. The zero-order valence-electron chi connectivity index (χ0n) is 10.1. The summed E-state index contributed by atoms with van der Waals surface area (Å²) in [5.41, 5.74) is -1.13. The third-order valence-corrected chi connectivity index (χ3v) is 5.13. The highest BCUT2D eigenvalue weighted by molar-refractivity contribution is 5.82. The minimum atomic E-state index is -0.708. The maximum absolute atomic E-state index is 12.0. The van der Waals surface area contributed by atoms with Gasteiger partial charge in [-0.1, -0.05) is 0 Å². The summed E-state index contributed by atoms with van der Waals surface area (Å²) in [7, 11) is 1.41. The third kappa shape index (κ3) is 1.36. The highest BCUT2D eigenvalue weighted by atomic mass is 16.5. The van der Waals surface area contributed by atoms with Crippen molar-refractivity contribution in [2.24, 2.45) is 22.7 Å². The fourth-order valence-corrected chi connectivity index (χ4v) is 4.97. The normalized spacial score (nSPS) is 46.9. The van der Waals surface area contributed by atoms with Gasteiger partial charge in [0.25, 0.3) is 0 Å². The monoisotopic (exact) mass is 238 g/mol. The molecule has 2 atom stereocenters. The fourth-order valence-electron chi connectivity index (χ4n) is 4.97. The second-order valence-electron chi connectivity index (χ2n) is 6.32. The first-order chi connectivity index (χ1) is 8.00. The van der Waals surface area contributed by atoms with Gasteiger partial charge in [0, 0.05) is 0 Å². The van der Waals surface area contributed by atoms with E-state index < -0.39 is 16.8 Å². The molecule has 0 radical (unpaired) electrons. The van der Waals surface area contributed by atoms with Crippen LogP contribution in [-0.4, -0.2) is 24.2 Å². The van der Waals surface area contributed by atoms with Gasteiger partial charge < -0.3 is 9.84 Å². The molecule has 0 saturated heterocycles. The maximum atomic E-state index is 12.0. The van der Waals surface area contributed by atoms with E-state index in [1.807, 2.05) is 0 Å². The lowest BCUT2D eigenvalue weighted by atomic mass is 9.44. The lowest BCUT2D eigenvalue weighted by Crippen LogP contribution is -2.57. The molecule has 4 aliphatic rings. The quantitative estimate of drug-likeness (QED) is 0.745. The number of methoxy groups -OCH3 is 1. The first kappa shape index (κ1) is 11.1. The van der Waals surface area contributed by atoms with Crippen molar-refractivity contribution in [3.05, 3.63) is 0 Å². The summed E-state index contributed by atoms with van der Waals surface area (Å²) in [5, 5.41) is 9.50. The molecule has 0 spiro atoms. The first-order valence-corrected chi connectivity index (χ1v) is 6.32. The molecule has 1 N–H and O–H groups in total. The number of carboxylic acid groups (broad SMARTS) is 1. The average molecular weight is 238 g/mol. The van der Waals surface area contributed by atoms with Gasteiger partial charge in [-0.25, -0.2) is 0 Å². The molecule has 4 saturated carbocycles. The molecule has 4 fully saturated rings. The molecule has 94 valence electrons. The van der Waals surface area contributed by atoms with Crippen LogP contribution in [0.2, 0.25) is 0 Å². The molecular weight excluding hydrogens is 220 g/mol. The van der Waals surface area contributed by atoms with Gasteiger partial charge in [0.15, 0.2) is 0 Å². The molecule has 0 amide bonds. The van der Waals surface area contributed by atoms with Crippen molar-refractivity contribution in [3.8, 4) is 0 Å². The van der Waals surface area contributed by atoms with Crippen LogP contribution in [-0.2, 0) is 14.3 Å². The molecular formula is C13H18O4. The molecule has 0 heterocycles.